The van der Waals surface area contributed by atoms with E-state index in [4.69, 9.17) is 4.74 Å². The molecule has 0 spiro atoms. The van der Waals surface area contributed by atoms with Gasteiger partial charge in [-0.15, -0.1) is 35.3 Å². The first kappa shape index (κ1) is 21.0. The molecule has 1 unspecified atom stereocenters. The molecule has 0 aliphatic carbocycles. The quantitative estimate of drug-likeness (QED) is 0.364. The SMILES string of the molecule is CCc1nc(CNC(=NC)NC2CCc3nc(COC)nn3C2)cs1.I. The number of aromatic nitrogens is 4. The van der Waals surface area contributed by atoms with Crippen LogP contribution >= 0.6 is 35.3 Å². The molecular weight excluding hydrogens is 465 g/mol. The fourth-order valence-corrected chi connectivity index (χ4v) is 3.57. The summed E-state index contributed by atoms with van der Waals surface area (Å²) < 4.78 is 7.08. The Kier molecular flexibility index (Phi) is 8.22. The molecule has 0 saturated heterocycles. The molecule has 144 valence electrons. The lowest BCUT2D eigenvalue weighted by atomic mass is 10.1. The van der Waals surface area contributed by atoms with E-state index < -0.39 is 0 Å². The van der Waals surface area contributed by atoms with Crippen LogP contribution in [0.5, 0.6) is 0 Å². The highest BCUT2D eigenvalue weighted by atomic mass is 127. The minimum atomic E-state index is 0. The third-order valence-corrected chi connectivity index (χ3v) is 5.12. The summed E-state index contributed by atoms with van der Waals surface area (Å²) >= 11 is 1.70. The van der Waals surface area contributed by atoms with Crippen LogP contribution in [-0.4, -0.2) is 45.9 Å². The smallest absolute Gasteiger partial charge is 0.191 e. The van der Waals surface area contributed by atoms with Crippen molar-refractivity contribution in [2.24, 2.45) is 4.99 Å². The Balaban J connectivity index is 0.00000243. The fraction of sp³-hybridized carbons (Fsp3) is 0.625. The van der Waals surface area contributed by atoms with Crippen LogP contribution in [-0.2, 0) is 37.3 Å². The lowest BCUT2D eigenvalue weighted by Crippen LogP contribution is -2.46. The zero-order valence-corrected chi connectivity index (χ0v) is 18.5. The van der Waals surface area contributed by atoms with E-state index in [0.29, 0.717) is 13.2 Å². The number of aryl methyl sites for hydroxylation is 2. The van der Waals surface area contributed by atoms with Crippen LogP contribution in [0.1, 0.15) is 35.7 Å². The lowest BCUT2D eigenvalue weighted by molar-refractivity contribution is 0.177. The molecule has 2 N–H and O–H groups in total. The van der Waals surface area contributed by atoms with Gasteiger partial charge in [-0.25, -0.2) is 14.6 Å². The van der Waals surface area contributed by atoms with Crippen LogP contribution < -0.4 is 10.6 Å². The largest absolute Gasteiger partial charge is 0.377 e. The normalized spacial score (nSPS) is 16.7. The maximum atomic E-state index is 5.11. The second-order valence-electron chi connectivity index (χ2n) is 5.95. The third-order valence-electron chi connectivity index (χ3n) is 4.08. The van der Waals surface area contributed by atoms with Gasteiger partial charge < -0.3 is 15.4 Å². The molecule has 1 atom stereocenters. The van der Waals surface area contributed by atoms with E-state index in [2.05, 4.69) is 43.0 Å². The van der Waals surface area contributed by atoms with Crippen molar-refractivity contribution in [3.05, 3.63) is 27.7 Å². The van der Waals surface area contributed by atoms with Crippen molar-refractivity contribution in [2.45, 2.75) is 51.9 Å². The summed E-state index contributed by atoms with van der Waals surface area (Å²) in [5.74, 6) is 2.57. The van der Waals surface area contributed by atoms with Gasteiger partial charge in [-0.05, 0) is 12.8 Å². The highest BCUT2D eigenvalue weighted by molar-refractivity contribution is 14.0. The van der Waals surface area contributed by atoms with Crippen LogP contribution in [0.3, 0.4) is 0 Å². The first-order valence-corrected chi connectivity index (χ1v) is 9.41. The topological polar surface area (TPSA) is 89.2 Å². The number of methoxy groups -OCH3 is 1. The van der Waals surface area contributed by atoms with Gasteiger partial charge in [0.1, 0.15) is 12.4 Å². The van der Waals surface area contributed by atoms with Crippen molar-refractivity contribution in [3.8, 4) is 0 Å². The first-order chi connectivity index (χ1) is 12.2. The summed E-state index contributed by atoms with van der Waals surface area (Å²) in [5, 5.41) is 14.6. The van der Waals surface area contributed by atoms with Crippen molar-refractivity contribution >= 4 is 41.3 Å². The van der Waals surface area contributed by atoms with Gasteiger partial charge in [0.25, 0.3) is 0 Å². The summed E-state index contributed by atoms with van der Waals surface area (Å²) in [6, 6.07) is 0.275. The van der Waals surface area contributed by atoms with Crippen LogP contribution in [0.4, 0.5) is 0 Å². The number of fused-ring (bicyclic) bond motifs is 1. The number of aliphatic imine (C=N–C) groups is 1. The lowest BCUT2D eigenvalue weighted by Gasteiger charge is -2.25. The highest BCUT2D eigenvalue weighted by Crippen LogP contribution is 2.14. The summed E-state index contributed by atoms with van der Waals surface area (Å²) in [6.07, 6.45) is 2.88. The van der Waals surface area contributed by atoms with Crippen LogP contribution in [0.15, 0.2) is 10.4 Å². The number of rotatable bonds is 6. The van der Waals surface area contributed by atoms with E-state index in [9.17, 15) is 0 Å². The Morgan fingerprint density at radius 2 is 2.31 bits per heavy atom. The predicted molar refractivity (Wildman–Crippen MR) is 113 cm³/mol. The number of thiazole rings is 1. The van der Waals surface area contributed by atoms with Gasteiger partial charge in [0.05, 0.1) is 23.8 Å². The van der Waals surface area contributed by atoms with Gasteiger partial charge in [-0.1, -0.05) is 6.92 Å². The van der Waals surface area contributed by atoms with E-state index in [1.807, 2.05) is 4.68 Å². The van der Waals surface area contributed by atoms with Gasteiger partial charge in [-0.3, -0.25) is 4.99 Å². The molecule has 0 radical (unpaired) electrons. The molecular formula is C16H26IN7OS. The third kappa shape index (κ3) is 5.36. The molecule has 0 saturated carbocycles. The second kappa shape index (κ2) is 10.2. The van der Waals surface area contributed by atoms with E-state index in [0.717, 1.165) is 54.1 Å². The van der Waals surface area contributed by atoms with Crippen LogP contribution in [0.25, 0.3) is 0 Å². The van der Waals surface area contributed by atoms with E-state index in [1.54, 1.807) is 25.5 Å². The molecule has 3 rings (SSSR count). The predicted octanol–water partition coefficient (Wildman–Crippen LogP) is 1.74. The standard InChI is InChI=1S/C16H25N7OS.HI/c1-4-15-19-12(10-25-15)7-18-16(17-2)20-11-5-6-14-21-13(9-24-3)22-23(14)8-11;/h10-11H,4-9H2,1-3H3,(H2,17,18,20);1H. The number of guanidine groups is 1. The van der Waals surface area contributed by atoms with Crippen LogP contribution in [0.2, 0.25) is 0 Å². The van der Waals surface area contributed by atoms with Crippen molar-refractivity contribution in [3.63, 3.8) is 0 Å². The molecule has 10 heteroatoms. The van der Waals surface area contributed by atoms with Gasteiger partial charge in [0.2, 0.25) is 0 Å². The molecule has 0 aromatic carbocycles. The Morgan fingerprint density at radius 3 is 3.00 bits per heavy atom. The Hall–Kier alpha value is -1.27. The van der Waals surface area contributed by atoms with E-state index >= 15 is 0 Å². The van der Waals surface area contributed by atoms with E-state index in [-0.39, 0.29) is 30.0 Å². The Bertz CT molecular complexity index is 730. The maximum absolute atomic E-state index is 5.11. The number of ether oxygens (including phenoxy) is 1. The summed E-state index contributed by atoms with van der Waals surface area (Å²) in [4.78, 5) is 13.4. The zero-order chi connectivity index (χ0) is 17.6. The number of halogens is 1. The molecule has 0 fully saturated rings. The maximum Gasteiger partial charge on any atom is 0.191 e. The first-order valence-electron chi connectivity index (χ1n) is 8.53. The molecule has 2 aromatic heterocycles. The van der Waals surface area contributed by atoms with Gasteiger partial charge in [0.15, 0.2) is 11.8 Å². The number of nitrogens with zero attached hydrogens (tertiary/aromatic N) is 5. The molecule has 2 aromatic rings. The fourth-order valence-electron chi connectivity index (χ4n) is 2.82. The Morgan fingerprint density at radius 1 is 1.46 bits per heavy atom. The minimum Gasteiger partial charge on any atom is -0.377 e. The number of hydrogen-bond acceptors (Lipinski definition) is 6. The summed E-state index contributed by atoms with van der Waals surface area (Å²) in [7, 11) is 3.44. The van der Waals surface area contributed by atoms with Gasteiger partial charge in [0, 0.05) is 32.0 Å². The molecule has 0 bridgehead atoms. The summed E-state index contributed by atoms with van der Waals surface area (Å²) in [5.41, 5.74) is 1.05. The molecule has 26 heavy (non-hydrogen) atoms. The molecule has 1 aliphatic heterocycles. The van der Waals surface area contributed by atoms with Crippen molar-refractivity contribution in [1.82, 2.24) is 30.4 Å². The monoisotopic (exact) mass is 491 g/mol. The molecule has 8 nitrogen and oxygen atoms in total. The molecule has 3 heterocycles. The number of hydrogen-bond donors (Lipinski definition) is 2. The average Bonchev–Trinajstić information content (AvgIpc) is 3.24. The van der Waals surface area contributed by atoms with Crippen LogP contribution in [0, 0.1) is 0 Å². The Labute approximate surface area is 174 Å². The molecule has 1 aliphatic rings. The number of nitrogens with one attached hydrogen (secondary N) is 2. The van der Waals surface area contributed by atoms with Gasteiger partial charge in [-0.2, -0.15) is 5.10 Å². The van der Waals surface area contributed by atoms with E-state index in [1.165, 1.54) is 0 Å². The average molecular weight is 491 g/mol. The second-order valence-corrected chi connectivity index (χ2v) is 6.89. The zero-order valence-electron chi connectivity index (χ0n) is 15.4. The highest BCUT2D eigenvalue weighted by Gasteiger charge is 2.22. The molecule has 0 amide bonds. The van der Waals surface area contributed by atoms with Crippen molar-refractivity contribution in [1.29, 1.82) is 0 Å². The van der Waals surface area contributed by atoms with Crippen molar-refractivity contribution < 1.29 is 4.74 Å². The van der Waals surface area contributed by atoms with Crippen molar-refractivity contribution in [2.75, 3.05) is 14.2 Å². The summed E-state index contributed by atoms with van der Waals surface area (Å²) in [6.45, 7) is 4.03. The minimum absolute atomic E-state index is 0. The van der Waals surface area contributed by atoms with Gasteiger partial charge >= 0.3 is 0 Å².